The molecule has 1 N–H and O–H groups in total. The van der Waals surface area contributed by atoms with Crippen LogP contribution in [0.25, 0.3) is 22.4 Å². The third-order valence-electron chi connectivity index (χ3n) is 6.60. The summed E-state index contributed by atoms with van der Waals surface area (Å²) in [6.45, 7) is 7.24. The second-order valence-corrected chi connectivity index (χ2v) is 9.09. The van der Waals surface area contributed by atoms with Crippen LogP contribution in [-0.2, 0) is 9.53 Å². The summed E-state index contributed by atoms with van der Waals surface area (Å²) in [4.78, 5) is 24.2. The standard InChI is InChI=1S/C30H30N4O2/c1-21-19-26(12-13-31-21)23-3-7-27(8-4-23)33-30(35)22(2)25-11-14-32-29(20-25)24-5-9-28(10-6-24)34-15-17-36-18-16-34/h3-14,19-20,22H,15-18H2,1-2H3,(H,33,35). The van der Waals surface area contributed by atoms with Crippen molar-refractivity contribution in [2.75, 3.05) is 36.5 Å². The first kappa shape index (κ1) is 23.7. The van der Waals surface area contributed by atoms with Gasteiger partial charge in [0, 0.05) is 48.1 Å². The topological polar surface area (TPSA) is 67.4 Å². The summed E-state index contributed by atoms with van der Waals surface area (Å²) in [5, 5.41) is 3.05. The zero-order chi connectivity index (χ0) is 24.9. The van der Waals surface area contributed by atoms with Crippen LogP contribution in [0.3, 0.4) is 0 Å². The Morgan fingerprint density at radius 1 is 0.861 bits per heavy atom. The average Bonchev–Trinajstić information content (AvgIpc) is 2.94. The molecule has 3 heterocycles. The Bertz CT molecular complexity index is 1330. The molecule has 36 heavy (non-hydrogen) atoms. The number of ether oxygens (including phenoxy) is 1. The molecule has 0 aliphatic carbocycles. The van der Waals surface area contributed by atoms with Crippen LogP contribution in [0.5, 0.6) is 0 Å². The molecule has 1 atom stereocenters. The van der Waals surface area contributed by atoms with E-state index in [1.54, 1.807) is 6.20 Å². The predicted octanol–water partition coefficient (Wildman–Crippen LogP) is 5.70. The van der Waals surface area contributed by atoms with Gasteiger partial charge in [-0.1, -0.05) is 24.3 Å². The lowest BCUT2D eigenvalue weighted by atomic mass is 9.98. The quantitative estimate of drug-likeness (QED) is 0.385. The number of amides is 1. The van der Waals surface area contributed by atoms with Crippen LogP contribution >= 0.6 is 0 Å². The van der Waals surface area contributed by atoms with Crippen LogP contribution in [0.2, 0.25) is 0 Å². The zero-order valence-corrected chi connectivity index (χ0v) is 20.6. The van der Waals surface area contributed by atoms with Crippen LogP contribution in [0.4, 0.5) is 11.4 Å². The minimum Gasteiger partial charge on any atom is -0.378 e. The third kappa shape index (κ3) is 5.44. The molecule has 1 saturated heterocycles. The lowest BCUT2D eigenvalue weighted by molar-refractivity contribution is -0.117. The predicted molar refractivity (Wildman–Crippen MR) is 144 cm³/mol. The van der Waals surface area contributed by atoms with Crippen molar-refractivity contribution in [3.05, 3.63) is 96.4 Å². The molecule has 4 aromatic rings. The van der Waals surface area contributed by atoms with Gasteiger partial charge in [-0.15, -0.1) is 0 Å². The summed E-state index contributed by atoms with van der Waals surface area (Å²) >= 11 is 0. The lowest BCUT2D eigenvalue weighted by Gasteiger charge is -2.28. The van der Waals surface area contributed by atoms with Gasteiger partial charge in [0.2, 0.25) is 5.91 Å². The number of nitrogens with one attached hydrogen (secondary N) is 1. The Balaban J connectivity index is 1.26. The Morgan fingerprint density at radius 2 is 1.56 bits per heavy atom. The molecular formula is C30H30N4O2. The van der Waals surface area contributed by atoms with E-state index in [2.05, 4.69) is 44.5 Å². The summed E-state index contributed by atoms with van der Waals surface area (Å²) in [7, 11) is 0. The average molecular weight is 479 g/mol. The maximum absolute atomic E-state index is 13.0. The minimum atomic E-state index is -0.318. The molecule has 6 heteroatoms. The van der Waals surface area contributed by atoms with Crippen molar-refractivity contribution < 1.29 is 9.53 Å². The monoisotopic (exact) mass is 478 g/mol. The first-order valence-electron chi connectivity index (χ1n) is 12.3. The number of nitrogens with zero attached hydrogens (tertiary/aromatic N) is 3. The van der Waals surface area contributed by atoms with Gasteiger partial charge in [0.25, 0.3) is 0 Å². The molecule has 0 bridgehead atoms. The van der Waals surface area contributed by atoms with Crippen LogP contribution in [0.1, 0.15) is 24.1 Å². The van der Waals surface area contributed by atoms with Crippen LogP contribution in [0, 0.1) is 6.92 Å². The molecule has 1 amide bonds. The van der Waals surface area contributed by atoms with Gasteiger partial charge in [0.1, 0.15) is 0 Å². The Morgan fingerprint density at radius 3 is 2.28 bits per heavy atom. The number of anilines is 2. The number of pyridine rings is 2. The largest absolute Gasteiger partial charge is 0.378 e. The highest BCUT2D eigenvalue weighted by molar-refractivity contribution is 5.96. The van der Waals surface area contributed by atoms with E-state index in [0.29, 0.717) is 0 Å². The van der Waals surface area contributed by atoms with E-state index in [0.717, 1.165) is 65.6 Å². The number of carbonyl (C=O) groups is 1. The molecule has 0 radical (unpaired) electrons. The zero-order valence-electron chi connectivity index (χ0n) is 20.6. The van der Waals surface area contributed by atoms with Crippen molar-refractivity contribution in [3.63, 3.8) is 0 Å². The fourth-order valence-electron chi connectivity index (χ4n) is 4.41. The molecule has 0 spiro atoms. The van der Waals surface area contributed by atoms with Gasteiger partial charge in [0.05, 0.1) is 24.8 Å². The highest BCUT2D eigenvalue weighted by atomic mass is 16.5. The van der Waals surface area contributed by atoms with Gasteiger partial charge in [0.15, 0.2) is 0 Å². The second kappa shape index (κ2) is 10.7. The van der Waals surface area contributed by atoms with E-state index >= 15 is 0 Å². The van der Waals surface area contributed by atoms with Crippen LogP contribution in [0.15, 0.2) is 85.2 Å². The van der Waals surface area contributed by atoms with Crippen molar-refractivity contribution >= 4 is 17.3 Å². The summed E-state index contributed by atoms with van der Waals surface area (Å²) in [5.74, 6) is -0.371. The second-order valence-electron chi connectivity index (χ2n) is 9.09. The fourth-order valence-corrected chi connectivity index (χ4v) is 4.41. The normalized spacial score (nSPS) is 14.3. The van der Waals surface area contributed by atoms with Gasteiger partial charge in [-0.25, -0.2) is 0 Å². The number of benzene rings is 2. The SMILES string of the molecule is Cc1cc(-c2ccc(NC(=O)C(C)c3ccnc(-c4ccc(N5CCOCC5)cc4)c3)cc2)ccn1. The van der Waals surface area contributed by atoms with Crippen molar-refractivity contribution in [1.82, 2.24) is 9.97 Å². The number of hydrogen-bond acceptors (Lipinski definition) is 5. The van der Waals surface area contributed by atoms with Gasteiger partial charge >= 0.3 is 0 Å². The molecule has 1 fully saturated rings. The van der Waals surface area contributed by atoms with Crippen molar-refractivity contribution in [2.24, 2.45) is 0 Å². The summed E-state index contributed by atoms with van der Waals surface area (Å²) in [5.41, 5.74) is 7.95. The molecule has 1 aliphatic heterocycles. The van der Waals surface area contributed by atoms with E-state index in [1.807, 2.05) is 68.6 Å². The number of carbonyl (C=O) groups excluding carboxylic acids is 1. The highest BCUT2D eigenvalue weighted by Crippen LogP contribution is 2.27. The van der Waals surface area contributed by atoms with E-state index in [4.69, 9.17) is 4.74 Å². The number of aryl methyl sites for hydroxylation is 1. The smallest absolute Gasteiger partial charge is 0.231 e. The number of aromatic nitrogens is 2. The highest BCUT2D eigenvalue weighted by Gasteiger charge is 2.17. The van der Waals surface area contributed by atoms with E-state index in [1.165, 1.54) is 5.69 Å². The van der Waals surface area contributed by atoms with Crippen molar-refractivity contribution in [3.8, 4) is 22.4 Å². The summed E-state index contributed by atoms with van der Waals surface area (Å²) in [6, 6.07) is 24.3. The molecule has 2 aromatic carbocycles. The molecular weight excluding hydrogens is 448 g/mol. The van der Waals surface area contributed by atoms with Gasteiger partial charge < -0.3 is 15.0 Å². The van der Waals surface area contributed by atoms with E-state index in [9.17, 15) is 4.79 Å². The van der Waals surface area contributed by atoms with E-state index in [-0.39, 0.29) is 11.8 Å². The molecule has 0 saturated carbocycles. The molecule has 6 nitrogen and oxygen atoms in total. The van der Waals surface area contributed by atoms with Gasteiger partial charge in [-0.2, -0.15) is 0 Å². The minimum absolute atomic E-state index is 0.0534. The molecule has 2 aromatic heterocycles. The maximum atomic E-state index is 13.0. The van der Waals surface area contributed by atoms with Crippen molar-refractivity contribution in [1.29, 1.82) is 0 Å². The maximum Gasteiger partial charge on any atom is 0.231 e. The fraction of sp³-hybridized carbons (Fsp3) is 0.233. The number of morpholine rings is 1. The van der Waals surface area contributed by atoms with Crippen LogP contribution in [-0.4, -0.2) is 42.2 Å². The van der Waals surface area contributed by atoms with Crippen molar-refractivity contribution in [2.45, 2.75) is 19.8 Å². The summed E-state index contributed by atoms with van der Waals surface area (Å²) < 4.78 is 5.45. The number of hydrogen-bond donors (Lipinski definition) is 1. The van der Waals surface area contributed by atoms with Gasteiger partial charge in [-0.05, 0) is 79.1 Å². The van der Waals surface area contributed by atoms with Crippen LogP contribution < -0.4 is 10.2 Å². The summed E-state index contributed by atoms with van der Waals surface area (Å²) in [6.07, 6.45) is 3.58. The third-order valence-corrected chi connectivity index (χ3v) is 6.60. The Kier molecular flexibility index (Phi) is 7.05. The molecule has 1 unspecified atom stereocenters. The first-order valence-corrected chi connectivity index (χ1v) is 12.3. The molecule has 5 rings (SSSR count). The van der Waals surface area contributed by atoms with E-state index < -0.39 is 0 Å². The molecule has 182 valence electrons. The first-order chi connectivity index (χ1) is 17.6. The Hall–Kier alpha value is -4.03. The van der Waals surface area contributed by atoms with Gasteiger partial charge in [-0.3, -0.25) is 14.8 Å². The Labute approximate surface area is 212 Å². The molecule has 1 aliphatic rings. The lowest BCUT2D eigenvalue weighted by Crippen LogP contribution is -2.36. The number of rotatable bonds is 6.